The predicted octanol–water partition coefficient (Wildman–Crippen LogP) is 3.37. The van der Waals surface area contributed by atoms with Gasteiger partial charge >= 0.3 is 12.1 Å². The van der Waals surface area contributed by atoms with E-state index < -0.39 is 17.5 Å². The Hall–Kier alpha value is -3.15. The van der Waals surface area contributed by atoms with Crippen LogP contribution >= 0.6 is 0 Å². The topological polar surface area (TPSA) is 72.9 Å². The second kappa shape index (κ2) is 6.17. The summed E-state index contributed by atoms with van der Waals surface area (Å²) < 4.78 is 10.6. The first-order valence-electron chi connectivity index (χ1n) is 9.72. The van der Waals surface area contributed by atoms with Crippen LogP contribution in [0.15, 0.2) is 48.5 Å². The molecule has 148 valence electrons. The van der Waals surface area contributed by atoms with Gasteiger partial charge in [-0.25, -0.2) is 4.79 Å². The van der Waals surface area contributed by atoms with Gasteiger partial charge in [0.2, 0.25) is 0 Å². The number of ether oxygens (including phenoxy) is 2. The molecule has 3 aliphatic rings. The average molecular weight is 391 g/mol. The summed E-state index contributed by atoms with van der Waals surface area (Å²) in [5.74, 6) is -1.11. The fourth-order valence-corrected chi connectivity index (χ4v) is 5.37. The van der Waals surface area contributed by atoms with Crippen LogP contribution in [0.2, 0.25) is 0 Å². The number of esters is 1. The highest BCUT2D eigenvalue weighted by Crippen LogP contribution is 2.76. The lowest BCUT2D eigenvalue weighted by Crippen LogP contribution is -2.44. The molecule has 0 spiro atoms. The normalized spacial score (nSPS) is 28.4. The van der Waals surface area contributed by atoms with Crippen LogP contribution in [0.3, 0.4) is 0 Å². The number of rotatable bonds is 3. The van der Waals surface area contributed by atoms with Crippen molar-refractivity contribution in [2.75, 3.05) is 12.0 Å². The highest BCUT2D eigenvalue weighted by molar-refractivity contribution is 6.14. The predicted molar refractivity (Wildman–Crippen MR) is 104 cm³/mol. The maximum atomic E-state index is 13.1. The Morgan fingerprint density at radius 3 is 2.66 bits per heavy atom. The molecule has 2 aromatic rings. The zero-order chi connectivity index (χ0) is 20.3. The number of carbonyl (C=O) groups is 3. The van der Waals surface area contributed by atoms with Crippen molar-refractivity contribution in [3.8, 4) is 0 Å². The Morgan fingerprint density at radius 1 is 1.17 bits per heavy atom. The van der Waals surface area contributed by atoms with E-state index in [1.54, 1.807) is 4.90 Å². The number of Topliss-reactive ketones (excluding diaryl/α,β-unsaturated/α-hetero) is 1. The Morgan fingerprint density at radius 2 is 1.93 bits per heavy atom. The van der Waals surface area contributed by atoms with Crippen LogP contribution in [0, 0.1) is 18.3 Å². The van der Waals surface area contributed by atoms with Crippen LogP contribution in [-0.4, -0.2) is 31.0 Å². The first-order chi connectivity index (χ1) is 14.0. The highest BCUT2D eigenvalue weighted by Gasteiger charge is 2.83. The fraction of sp³-hybridized carbons (Fsp3) is 0.348. The smallest absolute Gasteiger partial charge is 0.414 e. The summed E-state index contributed by atoms with van der Waals surface area (Å²) in [5.41, 5.74) is 2.31. The van der Waals surface area contributed by atoms with Gasteiger partial charge in [0.15, 0.2) is 5.78 Å². The van der Waals surface area contributed by atoms with Gasteiger partial charge in [-0.05, 0) is 24.1 Å². The van der Waals surface area contributed by atoms with Crippen LogP contribution in [-0.2, 0) is 25.7 Å². The van der Waals surface area contributed by atoms with Crippen molar-refractivity contribution in [1.82, 2.24) is 0 Å². The molecule has 2 aromatic carbocycles. The van der Waals surface area contributed by atoms with Gasteiger partial charge in [0.1, 0.15) is 12.0 Å². The summed E-state index contributed by atoms with van der Waals surface area (Å²) in [5, 5.41) is 0. The Balaban J connectivity index is 1.52. The number of fused-ring (bicyclic) bond motifs is 3. The van der Waals surface area contributed by atoms with E-state index in [4.69, 9.17) is 9.47 Å². The quantitative estimate of drug-likeness (QED) is 0.593. The van der Waals surface area contributed by atoms with E-state index in [0.717, 1.165) is 22.4 Å². The molecule has 0 saturated heterocycles. The Kier molecular flexibility index (Phi) is 3.81. The number of nitrogens with zero attached hydrogens (tertiary/aromatic N) is 1. The number of amides is 1. The Bertz CT molecular complexity index is 1030. The van der Waals surface area contributed by atoms with Crippen molar-refractivity contribution in [1.29, 1.82) is 0 Å². The molecule has 5 rings (SSSR count). The van der Waals surface area contributed by atoms with E-state index in [0.29, 0.717) is 0 Å². The molecule has 0 radical (unpaired) electrons. The van der Waals surface area contributed by atoms with E-state index in [9.17, 15) is 14.4 Å². The number of benzene rings is 2. The highest BCUT2D eigenvalue weighted by atomic mass is 16.6. The largest absolute Gasteiger partial charge is 0.468 e. The molecule has 0 bridgehead atoms. The third-order valence-electron chi connectivity index (χ3n) is 6.57. The molecule has 1 aliphatic heterocycles. The van der Waals surface area contributed by atoms with Crippen molar-refractivity contribution < 1.29 is 23.9 Å². The van der Waals surface area contributed by atoms with Gasteiger partial charge in [0, 0.05) is 18.3 Å². The number of hydrogen-bond acceptors (Lipinski definition) is 5. The lowest BCUT2D eigenvalue weighted by Gasteiger charge is -2.35. The minimum atomic E-state index is -1.16. The molecule has 2 fully saturated rings. The van der Waals surface area contributed by atoms with Crippen LogP contribution in [0.4, 0.5) is 10.5 Å². The van der Waals surface area contributed by atoms with E-state index in [1.165, 1.54) is 7.11 Å². The zero-order valence-corrected chi connectivity index (χ0v) is 16.3. The molecule has 4 atom stereocenters. The van der Waals surface area contributed by atoms with Crippen molar-refractivity contribution in [3.63, 3.8) is 0 Å². The van der Waals surface area contributed by atoms with Gasteiger partial charge in [-0.15, -0.1) is 0 Å². The molecule has 2 aliphatic carbocycles. The number of ketones is 1. The van der Waals surface area contributed by atoms with E-state index in [-0.39, 0.29) is 36.7 Å². The minimum Gasteiger partial charge on any atom is -0.468 e. The SMILES string of the molecule is COC(=O)C12C(=O)CC3C1C2c1cc(C)ccc1N3C(=O)OCc1ccccc1. The second-order valence-corrected chi connectivity index (χ2v) is 8.03. The first kappa shape index (κ1) is 17.9. The first-order valence-corrected chi connectivity index (χ1v) is 9.72. The lowest BCUT2D eigenvalue weighted by molar-refractivity contribution is -0.151. The summed E-state index contributed by atoms with van der Waals surface area (Å²) in [7, 11) is 1.31. The summed E-state index contributed by atoms with van der Waals surface area (Å²) in [6.07, 6.45) is -0.355. The van der Waals surface area contributed by atoms with Crippen LogP contribution in [0.5, 0.6) is 0 Å². The van der Waals surface area contributed by atoms with Crippen LogP contribution in [0.1, 0.15) is 29.0 Å². The fourth-order valence-electron chi connectivity index (χ4n) is 5.37. The lowest BCUT2D eigenvalue weighted by atomic mass is 9.88. The molecule has 6 nitrogen and oxygen atoms in total. The standard InChI is InChI=1S/C23H21NO5/c1-13-8-9-16-15(10-13)19-20-17(11-18(25)23(19,20)21(26)28-2)24(16)22(27)29-12-14-6-4-3-5-7-14/h3-10,17,19-20H,11-12H2,1-2H3. The number of aryl methyl sites for hydroxylation is 1. The number of hydrogen-bond donors (Lipinski definition) is 0. The minimum absolute atomic E-state index is 0.141. The van der Waals surface area contributed by atoms with E-state index in [2.05, 4.69) is 0 Å². The Labute approximate surface area is 168 Å². The van der Waals surface area contributed by atoms with E-state index in [1.807, 2.05) is 55.5 Å². The molecule has 29 heavy (non-hydrogen) atoms. The molecule has 1 heterocycles. The second-order valence-electron chi connectivity index (χ2n) is 8.03. The molecule has 1 amide bonds. The van der Waals surface area contributed by atoms with Gasteiger partial charge in [-0.2, -0.15) is 0 Å². The van der Waals surface area contributed by atoms with Gasteiger partial charge in [-0.3, -0.25) is 14.5 Å². The van der Waals surface area contributed by atoms with Gasteiger partial charge in [0.05, 0.1) is 18.8 Å². The van der Waals surface area contributed by atoms with E-state index >= 15 is 0 Å². The van der Waals surface area contributed by atoms with Gasteiger partial charge in [0.25, 0.3) is 0 Å². The molecule has 6 heteroatoms. The average Bonchev–Trinajstić information content (AvgIpc) is 3.35. The number of carbonyl (C=O) groups excluding carboxylic acids is 3. The molecular formula is C23H21NO5. The van der Waals surface area contributed by atoms with Crippen LogP contribution in [0.25, 0.3) is 0 Å². The third kappa shape index (κ3) is 2.32. The third-order valence-corrected chi connectivity index (χ3v) is 6.57. The van der Waals surface area contributed by atoms with Crippen molar-refractivity contribution in [2.45, 2.75) is 31.9 Å². The summed E-state index contributed by atoms with van der Waals surface area (Å²) in [6, 6.07) is 14.8. The molecule has 2 saturated carbocycles. The summed E-state index contributed by atoms with van der Waals surface area (Å²) in [4.78, 5) is 40.2. The molecule has 0 N–H and O–H groups in total. The number of anilines is 1. The van der Waals surface area contributed by atoms with Crippen LogP contribution < -0.4 is 4.90 Å². The summed E-state index contributed by atoms with van der Waals surface area (Å²) >= 11 is 0. The van der Waals surface area contributed by atoms with Crippen molar-refractivity contribution in [2.24, 2.45) is 11.3 Å². The van der Waals surface area contributed by atoms with Crippen molar-refractivity contribution >= 4 is 23.5 Å². The maximum absolute atomic E-state index is 13.1. The zero-order valence-electron chi connectivity index (χ0n) is 16.3. The summed E-state index contributed by atoms with van der Waals surface area (Å²) in [6.45, 7) is 2.10. The number of methoxy groups -OCH3 is 1. The maximum Gasteiger partial charge on any atom is 0.414 e. The molecular weight excluding hydrogens is 370 g/mol. The van der Waals surface area contributed by atoms with Gasteiger partial charge < -0.3 is 9.47 Å². The van der Waals surface area contributed by atoms with Gasteiger partial charge in [-0.1, -0.05) is 48.0 Å². The molecule has 0 aromatic heterocycles. The van der Waals surface area contributed by atoms with Crippen molar-refractivity contribution in [3.05, 3.63) is 65.2 Å². The molecule has 4 unspecified atom stereocenters. The monoisotopic (exact) mass is 391 g/mol.